The van der Waals surface area contributed by atoms with E-state index in [-0.39, 0.29) is 11.8 Å². The van der Waals surface area contributed by atoms with Crippen LogP contribution in [0, 0.1) is 5.92 Å². The summed E-state index contributed by atoms with van der Waals surface area (Å²) in [6.07, 6.45) is 4.74. The van der Waals surface area contributed by atoms with Gasteiger partial charge in [0.2, 0.25) is 11.8 Å². The number of anilines is 1. The number of aromatic nitrogens is 2. The van der Waals surface area contributed by atoms with Gasteiger partial charge in [-0.3, -0.25) is 14.5 Å². The van der Waals surface area contributed by atoms with E-state index in [2.05, 4.69) is 32.4 Å². The Labute approximate surface area is 186 Å². The first-order chi connectivity index (χ1) is 15.0. The van der Waals surface area contributed by atoms with Gasteiger partial charge in [-0.25, -0.2) is 4.98 Å². The Kier molecular flexibility index (Phi) is 6.67. The van der Waals surface area contributed by atoms with E-state index in [0.717, 1.165) is 47.7 Å². The number of carbonyl (C=O) groups is 2. The number of piperidine rings is 1. The van der Waals surface area contributed by atoms with E-state index in [0.29, 0.717) is 11.6 Å². The number of H-pyrrole nitrogens is 1. The number of thiazole rings is 1. The number of fused-ring (bicyclic) bond motifs is 1. The first kappa shape index (κ1) is 21.5. The number of aromatic amines is 1. The second-order valence-electron chi connectivity index (χ2n) is 8.41. The van der Waals surface area contributed by atoms with E-state index in [1.165, 1.54) is 31.1 Å². The number of likely N-dealkylation sites (tertiary alicyclic amines) is 1. The summed E-state index contributed by atoms with van der Waals surface area (Å²) in [5.41, 5.74) is 2.97. The molecule has 0 bridgehead atoms. The van der Waals surface area contributed by atoms with Gasteiger partial charge in [0.1, 0.15) is 6.04 Å². The van der Waals surface area contributed by atoms with Crippen molar-refractivity contribution in [2.24, 2.45) is 5.92 Å². The quantitative estimate of drug-likeness (QED) is 0.525. The summed E-state index contributed by atoms with van der Waals surface area (Å²) in [7, 11) is 0. The molecule has 1 fully saturated rings. The van der Waals surface area contributed by atoms with Crippen molar-refractivity contribution in [3.05, 3.63) is 47.1 Å². The van der Waals surface area contributed by atoms with Gasteiger partial charge in [-0.2, -0.15) is 0 Å². The third-order valence-corrected chi connectivity index (χ3v) is 6.64. The number of amides is 2. The second kappa shape index (κ2) is 9.62. The van der Waals surface area contributed by atoms with Crippen LogP contribution in [0.4, 0.5) is 5.13 Å². The van der Waals surface area contributed by atoms with Crippen molar-refractivity contribution >= 4 is 39.2 Å². The number of benzene rings is 1. The summed E-state index contributed by atoms with van der Waals surface area (Å²) >= 11 is 1.43. The van der Waals surface area contributed by atoms with Crippen LogP contribution in [0.15, 0.2) is 35.8 Å². The summed E-state index contributed by atoms with van der Waals surface area (Å²) in [5, 5.41) is 9.30. The molecule has 0 aliphatic carbocycles. The van der Waals surface area contributed by atoms with Crippen LogP contribution in [0.2, 0.25) is 0 Å². The number of nitrogens with one attached hydrogen (secondary N) is 3. The monoisotopic (exact) mass is 439 g/mol. The first-order valence-electron chi connectivity index (χ1n) is 10.8. The maximum atomic E-state index is 13.0. The Hall–Kier alpha value is -2.71. The van der Waals surface area contributed by atoms with E-state index < -0.39 is 6.04 Å². The molecule has 164 valence electrons. The lowest BCUT2D eigenvalue weighted by atomic mass is 9.99. The number of hydrogen-bond acceptors (Lipinski definition) is 5. The highest BCUT2D eigenvalue weighted by molar-refractivity contribution is 7.13. The van der Waals surface area contributed by atoms with Crippen LogP contribution >= 0.6 is 11.3 Å². The van der Waals surface area contributed by atoms with Crippen LogP contribution in [-0.2, 0) is 22.6 Å². The van der Waals surface area contributed by atoms with Gasteiger partial charge in [-0.05, 0) is 43.5 Å². The maximum Gasteiger partial charge on any atom is 0.249 e. The van der Waals surface area contributed by atoms with E-state index >= 15 is 0 Å². The van der Waals surface area contributed by atoms with Crippen molar-refractivity contribution in [1.29, 1.82) is 0 Å². The average Bonchev–Trinajstić information content (AvgIpc) is 3.36. The summed E-state index contributed by atoms with van der Waals surface area (Å²) in [6.45, 7) is 6.72. The molecule has 1 atom stereocenters. The molecule has 1 saturated heterocycles. The Bertz CT molecular complexity index is 1050. The summed E-state index contributed by atoms with van der Waals surface area (Å²) in [4.78, 5) is 34.9. The second-order valence-corrected chi connectivity index (χ2v) is 9.27. The Balaban J connectivity index is 1.41. The van der Waals surface area contributed by atoms with Crippen molar-refractivity contribution in [2.45, 2.75) is 45.7 Å². The van der Waals surface area contributed by atoms with Crippen LogP contribution in [0.5, 0.6) is 0 Å². The molecule has 31 heavy (non-hydrogen) atoms. The lowest BCUT2D eigenvalue weighted by Gasteiger charge is -2.29. The molecule has 2 aromatic heterocycles. The van der Waals surface area contributed by atoms with E-state index in [1.54, 1.807) is 0 Å². The molecule has 3 heterocycles. The first-order valence-corrected chi connectivity index (χ1v) is 11.7. The molecule has 3 N–H and O–H groups in total. The van der Waals surface area contributed by atoms with Gasteiger partial charge in [0.15, 0.2) is 5.13 Å². The lowest BCUT2D eigenvalue weighted by molar-refractivity contribution is -0.125. The molecule has 0 unspecified atom stereocenters. The van der Waals surface area contributed by atoms with Crippen LogP contribution in [-0.4, -0.2) is 45.8 Å². The smallest absolute Gasteiger partial charge is 0.249 e. The molecule has 0 radical (unpaired) electrons. The largest absolute Gasteiger partial charge is 0.361 e. The van der Waals surface area contributed by atoms with Gasteiger partial charge in [0.25, 0.3) is 0 Å². The molecule has 3 aromatic rings. The third-order valence-electron chi connectivity index (χ3n) is 5.84. The number of hydrogen-bond donors (Lipinski definition) is 3. The highest BCUT2D eigenvalue weighted by Crippen LogP contribution is 2.22. The molecule has 7 nitrogen and oxygen atoms in total. The van der Waals surface area contributed by atoms with E-state index in [4.69, 9.17) is 0 Å². The zero-order chi connectivity index (χ0) is 21.8. The van der Waals surface area contributed by atoms with Crippen LogP contribution in [0.3, 0.4) is 0 Å². The van der Waals surface area contributed by atoms with Gasteiger partial charge in [-0.1, -0.05) is 25.1 Å². The van der Waals surface area contributed by atoms with Gasteiger partial charge in [-0.15, -0.1) is 11.3 Å². The molecule has 4 rings (SSSR count). The maximum absolute atomic E-state index is 13.0. The molecule has 8 heteroatoms. The molecule has 1 aliphatic rings. The summed E-state index contributed by atoms with van der Waals surface area (Å²) < 4.78 is 0. The van der Waals surface area contributed by atoms with Gasteiger partial charge in [0.05, 0.1) is 5.69 Å². The van der Waals surface area contributed by atoms with Crippen LogP contribution in [0.25, 0.3) is 10.9 Å². The summed E-state index contributed by atoms with van der Waals surface area (Å²) in [5.74, 6) is 0.303. The lowest BCUT2D eigenvalue weighted by Crippen LogP contribution is -2.44. The zero-order valence-electron chi connectivity index (χ0n) is 18.0. The highest BCUT2D eigenvalue weighted by atomic mass is 32.1. The van der Waals surface area contributed by atoms with Crippen molar-refractivity contribution < 1.29 is 9.59 Å². The molecule has 1 aromatic carbocycles. The van der Waals surface area contributed by atoms with Crippen molar-refractivity contribution in [3.8, 4) is 0 Å². The predicted molar refractivity (Wildman–Crippen MR) is 124 cm³/mol. The number of para-hydroxylation sites is 1. The fraction of sp³-hybridized carbons (Fsp3) is 0.435. The number of rotatable bonds is 7. The minimum atomic E-state index is -0.673. The van der Waals surface area contributed by atoms with Crippen molar-refractivity contribution in [2.75, 3.05) is 18.4 Å². The molecule has 1 aliphatic heterocycles. The Morgan fingerprint density at radius 2 is 2.06 bits per heavy atom. The number of nitrogens with zero attached hydrogens (tertiary/aromatic N) is 2. The minimum Gasteiger partial charge on any atom is -0.361 e. The van der Waals surface area contributed by atoms with Gasteiger partial charge < -0.3 is 15.6 Å². The minimum absolute atomic E-state index is 0.237. The van der Waals surface area contributed by atoms with E-state index in [1.807, 2.05) is 35.8 Å². The number of carbonyl (C=O) groups excluding carboxylic acids is 2. The average molecular weight is 440 g/mol. The van der Waals surface area contributed by atoms with Crippen molar-refractivity contribution in [3.63, 3.8) is 0 Å². The Morgan fingerprint density at radius 3 is 2.84 bits per heavy atom. The fourth-order valence-electron chi connectivity index (χ4n) is 4.05. The van der Waals surface area contributed by atoms with Crippen molar-refractivity contribution in [1.82, 2.24) is 20.2 Å². The summed E-state index contributed by atoms with van der Waals surface area (Å²) in [6, 6.07) is 7.26. The highest BCUT2D eigenvalue weighted by Gasteiger charge is 2.23. The molecule has 2 amide bonds. The van der Waals surface area contributed by atoms with Gasteiger partial charge >= 0.3 is 0 Å². The SMILES string of the molecule is CC(=O)N[C@@H](Cc1c[nH]c2ccccc12)C(=O)Nc1nc(CN2CCC(C)CC2)cs1. The zero-order valence-corrected chi connectivity index (χ0v) is 18.8. The normalized spacial score (nSPS) is 16.3. The molecular formula is C23H29N5O2S. The van der Waals surface area contributed by atoms with Crippen LogP contribution < -0.4 is 10.6 Å². The van der Waals surface area contributed by atoms with Gasteiger partial charge in [0, 0.05) is 42.4 Å². The molecule has 0 spiro atoms. The molecule has 0 saturated carbocycles. The predicted octanol–water partition coefficient (Wildman–Crippen LogP) is 3.54. The van der Waals surface area contributed by atoms with Crippen LogP contribution in [0.1, 0.15) is 37.9 Å². The molecular weight excluding hydrogens is 410 g/mol. The third kappa shape index (κ3) is 5.51. The Morgan fingerprint density at radius 1 is 1.29 bits per heavy atom. The van der Waals surface area contributed by atoms with E-state index in [9.17, 15) is 9.59 Å². The standard InChI is InChI=1S/C23H29N5O2S/c1-15-7-9-28(10-8-15)13-18-14-31-23(26-18)27-22(30)21(25-16(2)29)11-17-12-24-20-6-4-3-5-19(17)20/h3-6,12,14-15,21,24H,7-11,13H2,1-2H3,(H,25,29)(H,26,27,30)/t21-/m0/s1. The fourth-order valence-corrected chi connectivity index (χ4v) is 4.76. The topological polar surface area (TPSA) is 90.1 Å².